The Labute approximate surface area is 199 Å². The molecule has 3 aromatic carbocycles. The summed E-state index contributed by atoms with van der Waals surface area (Å²) in [4.78, 5) is 43.9. The summed E-state index contributed by atoms with van der Waals surface area (Å²) in [6.07, 6.45) is 0. The number of ether oxygens (including phenoxy) is 1. The van der Waals surface area contributed by atoms with Gasteiger partial charge in [-0.05, 0) is 61.5 Å². The number of carbonyl (C=O) groups excluding carboxylic acids is 2. The third-order valence-electron chi connectivity index (χ3n) is 5.52. The van der Waals surface area contributed by atoms with Gasteiger partial charge in [-0.1, -0.05) is 23.7 Å². The average Bonchev–Trinajstić information content (AvgIpc) is 2.82. The van der Waals surface area contributed by atoms with Crippen molar-refractivity contribution in [2.45, 2.75) is 6.92 Å². The smallest absolute Gasteiger partial charge is 0.265 e. The Balaban J connectivity index is 1.35. The van der Waals surface area contributed by atoms with Crippen molar-refractivity contribution in [2.24, 2.45) is 0 Å². The molecule has 0 fully saturated rings. The fraction of sp³-hybridized carbons (Fsp3) is 0.120. The molecule has 0 aliphatic carbocycles. The topological polar surface area (TPSA) is 93.5 Å². The lowest BCUT2D eigenvalue weighted by atomic mass is 10.2. The van der Waals surface area contributed by atoms with Crippen LogP contribution in [-0.4, -0.2) is 34.5 Å². The van der Waals surface area contributed by atoms with Crippen molar-refractivity contribution >= 4 is 45.7 Å². The summed E-state index contributed by atoms with van der Waals surface area (Å²) in [7, 11) is 0. The monoisotopic (exact) mass is 474 g/mol. The average molecular weight is 475 g/mol. The predicted octanol–water partition coefficient (Wildman–Crippen LogP) is 3.71. The SMILES string of the molecule is Cc1nc2ccccc2c(=O)n1-c1ccc(NC(=O)CN2C(=O)COc3ccc(Cl)cc32)cc1. The van der Waals surface area contributed by atoms with Crippen molar-refractivity contribution in [2.75, 3.05) is 23.4 Å². The molecule has 0 spiro atoms. The molecule has 0 saturated carbocycles. The molecule has 34 heavy (non-hydrogen) atoms. The van der Waals surface area contributed by atoms with E-state index in [0.29, 0.717) is 44.6 Å². The maximum atomic E-state index is 13.0. The number of halogens is 1. The van der Waals surface area contributed by atoms with E-state index in [4.69, 9.17) is 16.3 Å². The molecule has 0 unspecified atom stereocenters. The predicted molar refractivity (Wildman–Crippen MR) is 130 cm³/mol. The maximum Gasteiger partial charge on any atom is 0.265 e. The molecule has 0 radical (unpaired) electrons. The Morgan fingerprint density at radius 3 is 2.65 bits per heavy atom. The van der Waals surface area contributed by atoms with E-state index in [9.17, 15) is 14.4 Å². The molecule has 5 rings (SSSR count). The number of amides is 2. The Hall–Kier alpha value is -4.17. The van der Waals surface area contributed by atoms with Gasteiger partial charge in [-0.25, -0.2) is 4.98 Å². The van der Waals surface area contributed by atoms with Crippen LogP contribution in [0.15, 0.2) is 71.5 Å². The van der Waals surface area contributed by atoms with Crippen molar-refractivity contribution in [1.29, 1.82) is 0 Å². The lowest BCUT2D eigenvalue weighted by Crippen LogP contribution is -2.43. The Kier molecular flexibility index (Phi) is 5.51. The van der Waals surface area contributed by atoms with Gasteiger partial charge >= 0.3 is 0 Å². The van der Waals surface area contributed by atoms with Crippen LogP contribution in [0.1, 0.15) is 5.82 Å². The number of aryl methyl sites for hydroxylation is 1. The number of nitrogens with zero attached hydrogens (tertiary/aromatic N) is 3. The van der Waals surface area contributed by atoms with E-state index in [1.807, 2.05) is 6.07 Å². The number of para-hydroxylation sites is 1. The number of anilines is 2. The van der Waals surface area contributed by atoms with Gasteiger partial charge in [-0.3, -0.25) is 23.9 Å². The molecule has 2 amide bonds. The Morgan fingerprint density at radius 1 is 1.09 bits per heavy atom. The van der Waals surface area contributed by atoms with Crippen LogP contribution < -0.4 is 20.5 Å². The molecule has 1 aliphatic heterocycles. The number of fused-ring (bicyclic) bond motifs is 2. The van der Waals surface area contributed by atoms with Crippen LogP contribution in [0.25, 0.3) is 16.6 Å². The van der Waals surface area contributed by atoms with E-state index >= 15 is 0 Å². The van der Waals surface area contributed by atoms with Gasteiger partial charge < -0.3 is 10.1 Å². The van der Waals surface area contributed by atoms with E-state index < -0.39 is 0 Å². The zero-order chi connectivity index (χ0) is 23.8. The van der Waals surface area contributed by atoms with Gasteiger partial charge in [0, 0.05) is 10.7 Å². The Morgan fingerprint density at radius 2 is 1.85 bits per heavy atom. The Bertz CT molecular complexity index is 1500. The molecule has 1 aromatic heterocycles. The van der Waals surface area contributed by atoms with Crippen molar-refractivity contribution < 1.29 is 14.3 Å². The molecular weight excluding hydrogens is 456 g/mol. The molecule has 8 nitrogen and oxygen atoms in total. The minimum absolute atomic E-state index is 0.148. The van der Waals surface area contributed by atoms with Crippen LogP contribution in [0.5, 0.6) is 5.75 Å². The van der Waals surface area contributed by atoms with E-state index in [2.05, 4.69) is 10.3 Å². The van der Waals surface area contributed by atoms with E-state index in [1.165, 1.54) is 9.47 Å². The first-order chi connectivity index (χ1) is 16.4. The number of rotatable bonds is 4. The van der Waals surface area contributed by atoms with Gasteiger partial charge in [0.05, 0.1) is 22.3 Å². The third-order valence-corrected chi connectivity index (χ3v) is 5.75. The van der Waals surface area contributed by atoms with Crippen LogP contribution in [0.3, 0.4) is 0 Å². The largest absolute Gasteiger partial charge is 0.482 e. The van der Waals surface area contributed by atoms with Gasteiger partial charge in [0.15, 0.2) is 6.61 Å². The molecule has 4 aromatic rings. The second-order valence-electron chi connectivity index (χ2n) is 7.79. The normalized spacial score (nSPS) is 12.9. The molecule has 2 heterocycles. The van der Waals surface area contributed by atoms with Crippen molar-refractivity contribution in [1.82, 2.24) is 9.55 Å². The van der Waals surface area contributed by atoms with Gasteiger partial charge in [0.25, 0.3) is 11.5 Å². The first-order valence-corrected chi connectivity index (χ1v) is 10.9. The molecule has 0 bridgehead atoms. The van der Waals surface area contributed by atoms with Gasteiger partial charge in [0.1, 0.15) is 18.1 Å². The molecule has 0 saturated heterocycles. The van der Waals surface area contributed by atoms with Crippen LogP contribution >= 0.6 is 11.6 Å². The second kappa shape index (κ2) is 8.64. The molecule has 170 valence electrons. The van der Waals surface area contributed by atoms with Crippen LogP contribution in [0.4, 0.5) is 11.4 Å². The highest BCUT2D eigenvalue weighted by Gasteiger charge is 2.27. The summed E-state index contributed by atoms with van der Waals surface area (Å²) in [6.45, 7) is 1.43. The zero-order valence-electron chi connectivity index (χ0n) is 18.1. The molecule has 1 N–H and O–H groups in total. The second-order valence-corrected chi connectivity index (χ2v) is 8.23. The third kappa shape index (κ3) is 3.99. The summed E-state index contributed by atoms with van der Waals surface area (Å²) in [5, 5.41) is 3.75. The molecule has 0 atom stereocenters. The van der Waals surface area contributed by atoms with Gasteiger partial charge in [-0.2, -0.15) is 0 Å². The highest BCUT2D eigenvalue weighted by molar-refractivity contribution is 6.31. The summed E-state index contributed by atoms with van der Waals surface area (Å²) in [5.41, 5.74) is 2.09. The highest BCUT2D eigenvalue weighted by Crippen LogP contribution is 2.34. The number of benzene rings is 3. The highest BCUT2D eigenvalue weighted by atomic mass is 35.5. The number of carbonyl (C=O) groups is 2. The van der Waals surface area contributed by atoms with E-state index in [-0.39, 0.29) is 30.5 Å². The minimum Gasteiger partial charge on any atom is -0.482 e. The number of nitrogens with one attached hydrogen (secondary N) is 1. The zero-order valence-corrected chi connectivity index (χ0v) is 18.9. The summed E-state index contributed by atoms with van der Waals surface area (Å²) < 4.78 is 6.94. The summed E-state index contributed by atoms with van der Waals surface area (Å²) >= 11 is 6.05. The van der Waals surface area contributed by atoms with Crippen LogP contribution in [0.2, 0.25) is 5.02 Å². The van der Waals surface area contributed by atoms with Crippen molar-refractivity contribution in [3.05, 3.63) is 87.9 Å². The number of hydrogen-bond donors (Lipinski definition) is 1. The number of hydrogen-bond acceptors (Lipinski definition) is 5. The molecule has 9 heteroatoms. The summed E-state index contributed by atoms with van der Waals surface area (Å²) in [5.74, 6) is 0.336. The van der Waals surface area contributed by atoms with Crippen molar-refractivity contribution in [3.63, 3.8) is 0 Å². The van der Waals surface area contributed by atoms with Crippen LogP contribution in [-0.2, 0) is 9.59 Å². The maximum absolute atomic E-state index is 13.0. The fourth-order valence-electron chi connectivity index (χ4n) is 3.93. The lowest BCUT2D eigenvalue weighted by Gasteiger charge is -2.29. The van der Waals surface area contributed by atoms with Gasteiger partial charge in [0.2, 0.25) is 5.91 Å². The molecule has 1 aliphatic rings. The van der Waals surface area contributed by atoms with Crippen molar-refractivity contribution in [3.8, 4) is 11.4 Å². The first-order valence-electron chi connectivity index (χ1n) is 10.5. The summed E-state index contributed by atoms with van der Waals surface area (Å²) in [6, 6.07) is 19.0. The lowest BCUT2D eigenvalue weighted by molar-refractivity contribution is -0.123. The standard InChI is InChI=1S/C25H19ClN4O4/c1-15-27-20-5-3-2-4-19(20)25(33)30(15)18-9-7-17(8-10-18)28-23(31)13-29-21-12-16(26)6-11-22(21)34-14-24(29)32/h2-12H,13-14H2,1H3,(H,28,31). The minimum atomic E-state index is -0.380. The van der Waals surface area contributed by atoms with E-state index in [1.54, 1.807) is 67.6 Å². The number of aromatic nitrogens is 2. The quantitative estimate of drug-likeness (QED) is 0.486. The first kappa shape index (κ1) is 21.7. The van der Waals surface area contributed by atoms with Gasteiger partial charge in [-0.15, -0.1) is 0 Å². The van der Waals surface area contributed by atoms with E-state index in [0.717, 1.165) is 0 Å². The fourth-order valence-corrected chi connectivity index (χ4v) is 4.10. The molecular formula is C25H19ClN4O4. The van der Waals surface area contributed by atoms with Crippen LogP contribution in [0, 0.1) is 6.92 Å².